The van der Waals surface area contributed by atoms with Crippen LogP contribution in [-0.2, 0) is 13.0 Å². The van der Waals surface area contributed by atoms with Gasteiger partial charge in [-0.2, -0.15) is 0 Å². The molecule has 2 aromatic carbocycles. The fraction of sp³-hybridized carbons (Fsp3) is 0.348. The van der Waals surface area contributed by atoms with Crippen LogP contribution in [-0.4, -0.2) is 27.9 Å². The Kier molecular flexibility index (Phi) is 6.60. The summed E-state index contributed by atoms with van der Waals surface area (Å²) in [5, 5.41) is 11.6. The molecule has 0 fully saturated rings. The Morgan fingerprint density at radius 2 is 1.97 bits per heavy atom. The molecule has 1 aromatic heterocycles. The standard InChI is InChI=1S/C23H25ClFN5O2/c1-15(22-28-27-21-6-4-3-5-13-29(21)22)30(17-8-10-18(32-2)11-9-17)23(31)26-16-7-12-20(25)19(24)14-16/h7-12,14-15H,3-6,13H2,1-2H3,(H,26,31). The summed E-state index contributed by atoms with van der Waals surface area (Å²) in [7, 11) is 1.59. The van der Waals surface area contributed by atoms with E-state index in [1.165, 1.54) is 18.2 Å². The third-order valence-corrected chi connectivity index (χ3v) is 5.93. The van der Waals surface area contributed by atoms with Gasteiger partial charge in [0.1, 0.15) is 17.4 Å². The molecule has 1 aliphatic rings. The van der Waals surface area contributed by atoms with Gasteiger partial charge in [0.15, 0.2) is 5.82 Å². The fourth-order valence-electron chi connectivity index (χ4n) is 3.95. The summed E-state index contributed by atoms with van der Waals surface area (Å²) >= 11 is 5.89. The Balaban J connectivity index is 1.69. The molecule has 0 spiro atoms. The van der Waals surface area contributed by atoms with Crippen LogP contribution in [0.15, 0.2) is 42.5 Å². The molecule has 0 aliphatic carbocycles. The predicted molar refractivity (Wildman–Crippen MR) is 122 cm³/mol. The van der Waals surface area contributed by atoms with Crippen LogP contribution in [0, 0.1) is 5.82 Å². The number of nitrogens with zero attached hydrogens (tertiary/aromatic N) is 4. The average Bonchev–Trinajstić information content (AvgIpc) is 3.05. The topological polar surface area (TPSA) is 72.3 Å². The van der Waals surface area contributed by atoms with Gasteiger partial charge < -0.3 is 14.6 Å². The van der Waals surface area contributed by atoms with Gasteiger partial charge in [-0.25, -0.2) is 9.18 Å². The van der Waals surface area contributed by atoms with Crippen molar-refractivity contribution >= 4 is 29.0 Å². The van der Waals surface area contributed by atoms with Crippen molar-refractivity contribution in [1.82, 2.24) is 14.8 Å². The number of urea groups is 1. The molecular weight excluding hydrogens is 433 g/mol. The monoisotopic (exact) mass is 457 g/mol. The maximum atomic E-state index is 13.6. The van der Waals surface area contributed by atoms with E-state index in [-0.39, 0.29) is 5.02 Å². The Labute approximate surface area is 191 Å². The molecule has 1 unspecified atom stereocenters. The molecule has 7 nitrogen and oxygen atoms in total. The first-order chi connectivity index (χ1) is 15.5. The largest absolute Gasteiger partial charge is 0.497 e. The number of methoxy groups -OCH3 is 1. The number of carbonyl (C=O) groups is 1. The lowest BCUT2D eigenvalue weighted by Gasteiger charge is -2.29. The van der Waals surface area contributed by atoms with Gasteiger partial charge in [-0.15, -0.1) is 10.2 Å². The zero-order chi connectivity index (χ0) is 22.7. The van der Waals surface area contributed by atoms with Gasteiger partial charge in [0, 0.05) is 24.3 Å². The molecular formula is C23H25ClFN5O2. The van der Waals surface area contributed by atoms with E-state index in [0.717, 1.165) is 43.9 Å². The van der Waals surface area contributed by atoms with E-state index >= 15 is 0 Å². The van der Waals surface area contributed by atoms with Gasteiger partial charge in [0.2, 0.25) is 0 Å². The third kappa shape index (κ3) is 4.55. The van der Waals surface area contributed by atoms with E-state index in [1.807, 2.05) is 19.1 Å². The Hall–Kier alpha value is -3.13. The van der Waals surface area contributed by atoms with Crippen LogP contribution < -0.4 is 15.0 Å². The minimum absolute atomic E-state index is 0.0605. The molecule has 168 valence electrons. The van der Waals surface area contributed by atoms with E-state index < -0.39 is 17.9 Å². The van der Waals surface area contributed by atoms with Gasteiger partial charge in [0.25, 0.3) is 0 Å². The lowest BCUT2D eigenvalue weighted by atomic mass is 10.2. The number of hydrogen-bond acceptors (Lipinski definition) is 4. The number of fused-ring (bicyclic) bond motifs is 1. The summed E-state index contributed by atoms with van der Waals surface area (Å²) in [6.07, 6.45) is 4.15. The summed E-state index contributed by atoms with van der Waals surface area (Å²) < 4.78 is 20.9. The number of benzene rings is 2. The number of hydrogen-bond donors (Lipinski definition) is 1. The van der Waals surface area contributed by atoms with Crippen molar-refractivity contribution in [3.8, 4) is 5.75 Å². The van der Waals surface area contributed by atoms with Crippen LogP contribution in [0.25, 0.3) is 0 Å². The number of carbonyl (C=O) groups excluding carboxylic acids is 1. The van der Waals surface area contributed by atoms with Gasteiger partial charge in [-0.3, -0.25) is 4.90 Å². The molecule has 0 saturated heterocycles. The molecule has 0 bridgehead atoms. The Morgan fingerprint density at radius 3 is 2.69 bits per heavy atom. The normalized spacial score (nSPS) is 14.2. The van der Waals surface area contributed by atoms with E-state index in [1.54, 1.807) is 24.1 Å². The summed E-state index contributed by atoms with van der Waals surface area (Å²) in [5.74, 6) is 1.81. The first kappa shape index (κ1) is 22.1. The lowest BCUT2D eigenvalue weighted by molar-refractivity contribution is 0.254. The summed E-state index contributed by atoms with van der Waals surface area (Å²) in [5.41, 5.74) is 1.06. The summed E-state index contributed by atoms with van der Waals surface area (Å²) in [6.45, 7) is 2.75. The molecule has 0 radical (unpaired) electrons. The first-order valence-corrected chi connectivity index (χ1v) is 11.0. The molecule has 3 aromatic rings. The van der Waals surface area contributed by atoms with Crippen molar-refractivity contribution in [2.24, 2.45) is 0 Å². The zero-order valence-corrected chi connectivity index (χ0v) is 18.8. The number of aryl methyl sites for hydroxylation is 1. The number of amides is 2. The van der Waals surface area contributed by atoms with Crippen molar-refractivity contribution in [2.45, 2.75) is 45.2 Å². The Bertz CT molecular complexity index is 1100. The highest BCUT2D eigenvalue weighted by Crippen LogP contribution is 2.30. The average molecular weight is 458 g/mol. The minimum Gasteiger partial charge on any atom is -0.497 e. The number of rotatable bonds is 5. The second kappa shape index (κ2) is 9.56. The quantitative estimate of drug-likeness (QED) is 0.540. The molecule has 1 N–H and O–H groups in total. The lowest BCUT2D eigenvalue weighted by Crippen LogP contribution is -2.38. The van der Waals surface area contributed by atoms with Crippen molar-refractivity contribution in [3.63, 3.8) is 0 Å². The van der Waals surface area contributed by atoms with Crippen LogP contribution >= 0.6 is 11.6 Å². The van der Waals surface area contributed by atoms with Crippen LogP contribution in [0.2, 0.25) is 5.02 Å². The highest BCUT2D eigenvalue weighted by molar-refractivity contribution is 6.31. The SMILES string of the molecule is COc1ccc(N(C(=O)Nc2ccc(F)c(Cl)c2)C(C)c2nnc3n2CCCCC3)cc1. The van der Waals surface area contributed by atoms with E-state index in [0.29, 0.717) is 17.1 Å². The van der Waals surface area contributed by atoms with Crippen LogP contribution in [0.4, 0.5) is 20.6 Å². The van der Waals surface area contributed by atoms with E-state index in [4.69, 9.17) is 16.3 Å². The smallest absolute Gasteiger partial charge is 0.326 e. The number of halogens is 2. The predicted octanol–water partition coefficient (Wildman–Crippen LogP) is 5.61. The van der Waals surface area contributed by atoms with Gasteiger partial charge >= 0.3 is 6.03 Å². The summed E-state index contributed by atoms with van der Waals surface area (Å²) in [4.78, 5) is 15.0. The molecule has 0 saturated carbocycles. The molecule has 32 heavy (non-hydrogen) atoms. The molecule has 1 atom stereocenters. The zero-order valence-electron chi connectivity index (χ0n) is 18.0. The molecule has 1 aliphatic heterocycles. The first-order valence-electron chi connectivity index (χ1n) is 10.6. The van der Waals surface area contributed by atoms with Gasteiger partial charge in [-0.05, 0) is 62.2 Å². The molecule has 2 amide bonds. The van der Waals surface area contributed by atoms with Crippen molar-refractivity contribution in [1.29, 1.82) is 0 Å². The molecule has 4 rings (SSSR count). The molecule has 9 heteroatoms. The maximum absolute atomic E-state index is 13.6. The number of ether oxygens (including phenoxy) is 1. The van der Waals surface area contributed by atoms with Crippen LogP contribution in [0.3, 0.4) is 0 Å². The van der Waals surface area contributed by atoms with E-state index in [2.05, 4.69) is 20.1 Å². The van der Waals surface area contributed by atoms with E-state index in [9.17, 15) is 9.18 Å². The number of anilines is 2. The van der Waals surface area contributed by atoms with Crippen molar-refractivity contribution in [3.05, 3.63) is 65.0 Å². The van der Waals surface area contributed by atoms with Crippen LogP contribution in [0.1, 0.15) is 43.9 Å². The second-order valence-electron chi connectivity index (χ2n) is 7.74. The Morgan fingerprint density at radius 1 is 1.19 bits per heavy atom. The van der Waals surface area contributed by atoms with Crippen LogP contribution in [0.5, 0.6) is 5.75 Å². The fourth-order valence-corrected chi connectivity index (χ4v) is 4.13. The number of aromatic nitrogens is 3. The summed E-state index contributed by atoms with van der Waals surface area (Å²) in [6, 6.07) is 10.5. The highest BCUT2D eigenvalue weighted by Gasteiger charge is 2.29. The minimum atomic E-state index is -0.545. The second-order valence-corrected chi connectivity index (χ2v) is 8.15. The van der Waals surface area contributed by atoms with Crippen molar-refractivity contribution < 1.29 is 13.9 Å². The maximum Gasteiger partial charge on any atom is 0.326 e. The molecule has 2 heterocycles. The highest BCUT2D eigenvalue weighted by atomic mass is 35.5. The van der Waals surface area contributed by atoms with Gasteiger partial charge in [0.05, 0.1) is 18.2 Å². The number of nitrogens with one attached hydrogen (secondary N) is 1. The van der Waals surface area contributed by atoms with Crippen molar-refractivity contribution in [2.75, 3.05) is 17.3 Å². The third-order valence-electron chi connectivity index (χ3n) is 5.64. The van der Waals surface area contributed by atoms with Gasteiger partial charge in [-0.1, -0.05) is 18.0 Å².